The molecule has 1 N–H and O–H groups in total. The molecule has 0 spiro atoms. The smallest absolute Gasteiger partial charge is 0.232 e. The molecular formula is C20H25FN2O3S. The number of hydrogen-bond acceptors (Lipinski definition) is 3. The Morgan fingerprint density at radius 2 is 1.85 bits per heavy atom. The number of aryl methyl sites for hydroxylation is 1. The molecule has 0 heterocycles. The fourth-order valence-electron chi connectivity index (χ4n) is 2.74. The van der Waals surface area contributed by atoms with E-state index in [1.807, 2.05) is 25.1 Å². The minimum atomic E-state index is -3.42. The van der Waals surface area contributed by atoms with Gasteiger partial charge in [0.1, 0.15) is 5.82 Å². The molecule has 0 radical (unpaired) electrons. The first kappa shape index (κ1) is 20.9. The van der Waals surface area contributed by atoms with Crippen LogP contribution in [0.5, 0.6) is 0 Å². The number of nitrogens with one attached hydrogen (secondary N) is 1. The predicted molar refractivity (Wildman–Crippen MR) is 106 cm³/mol. The first-order valence-electron chi connectivity index (χ1n) is 8.81. The lowest BCUT2D eigenvalue weighted by Gasteiger charge is -2.22. The van der Waals surface area contributed by atoms with Gasteiger partial charge in [0.2, 0.25) is 15.9 Å². The fourth-order valence-corrected chi connectivity index (χ4v) is 3.70. The molecule has 0 aromatic heterocycles. The van der Waals surface area contributed by atoms with Crippen molar-refractivity contribution in [2.45, 2.75) is 26.2 Å². The van der Waals surface area contributed by atoms with Crippen LogP contribution in [-0.4, -0.2) is 33.7 Å². The van der Waals surface area contributed by atoms with Gasteiger partial charge in [-0.1, -0.05) is 24.3 Å². The van der Waals surface area contributed by atoms with Crippen molar-refractivity contribution >= 4 is 21.6 Å². The predicted octanol–water partition coefficient (Wildman–Crippen LogP) is 3.04. The Labute approximate surface area is 160 Å². The summed E-state index contributed by atoms with van der Waals surface area (Å²) >= 11 is 0. The van der Waals surface area contributed by atoms with Crippen LogP contribution in [0.15, 0.2) is 48.5 Å². The van der Waals surface area contributed by atoms with Crippen LogP contribution >= 0.6 is 0 Å². The van der Waals surface area contributed by atoms with E-state index in [1.54, 1.807) is 18.2 Å². The van der Waals surface area contributed by atoms with Gasteiger partial charge in [-0.05, 0) is 55.2 Å². The highest BCUT2D eigenvalue weighted by atomic mass is 32.2. The molecular weight excluding hydrogens is 367 g/mol. The van der Waals surface area contributed by atoms with Crippen LogP contribution in [0.1, 0.15) is 24.0 Å². The van der Waals surface area contributed by atoms with Gasteiger partial charge >= 0.3 is 0 Å². The molecule has 1 amide bonds. The van der Waals surface area contributed by atoms with Crippen LogP contribution in [-0.2, 0) is 21.2 Å². The van der Waals surface area contributed by atoms with Crippen LogP contribution in [0, 0.1) is 12.7 Å². The maximum Gasteiger partial charge on any atom is 0.232 e. The lowest BCUT2D eigenvalue weighted by Crippen LogP contribution is -2.32. The van der Waals surface area contributed by atoms with E-state index in [1.165, 1.54) is 16.4 Å². The summed E-state index contributed by atoms with van der Waals surface area (Å²) in [5.74, 6) is -0.415. The Morgan fingerprint density at radius 3 is 2.48 bits per heavy atom. The van der Waals surface area contributed by atoms with Gasteiger partial charge in [-0.25, -0.2) is 12.8 Å². The van der Waals surface area contributed by atoms with E-state index in [-0.39, 0.29) is 24.7 Å². The van der Waals surface area contributed by atoms with Crippen molar-refractivity contribution in [3.8, 4) is 0 Å². The molecule has 0 saturated carbocycles. The molecule has 0 aliphatic carbocycles. The zero-order valence-electron chi connectivity index (χ0n) is 15.6. The monoisotopic (exact) mass is 392 g/mol. The molecule has 5 nitrogen and oxygen atoms in total. The molecule has 146 valence electrons. The Balaban J connectivity index is 1.80. The minimum absolute atomic E-state index is 0.130. The summed E-state index contributed by atoms with van der Waals surface area (Å²) in [6.45, 7) is 2.60. The van der Waals surface area contributed by atoms with Gasteiger partial charge in [-0.15, -0.1) is 0 Å². The van der Waals surface area contributed by atoms with Gasteiger partial charge in [0.25, 0.3) is 0 Å². The largest absolute Gasteiger partial charge is 0.356 e. The van der Waals surface area contributed by atoms with Crippen molar-refractivity contribution in [2.24, 2.45) is 0 Å². The summed E-state index contributed by atoms with van der Waals surface area (Å²) in [5, 5.41) is 2.81. The zero-order valence-corrected chi connectivity index (χ0v) is 16.4. The summed E-state index contributed by atoms with van der Waals surface area (Å²) in [7, 11) is -3.42. The molecule has 27 heavy (non-hydrogen) atoms. The first-order valence-corrected chi connectivity index (χ1v) is 10.7. The average Bonchev–Trinajstić information content (AvgIpc) is 2.59. The molecule has 7 heteroatoms. The summed E-state index contributed by atoms with van der Waals surface area (Å²) in [5.41, 5.74) is 2.52. The molecule has 0 atom stereocenters. The van der Waals surface area contributed by atoms with Gasteiger partial charge in [0.15, 0.2) is 0 Å². The van der Waals surface area contributed by atoms with Crippen molar-refractivity contribution in [3.05, 3.63) is 65.5 Å². The van der Waals surface area contributed by atoms with Gasteiger partial charge in [-0.3, -0.25) is 9.10 Å². The van der Waals surface area contributed by atoms with Gasteiger partial charge in [-0.2, -0.15) is 0 Å². The van der Waals surface area contributed by atoms with E-state index >= 15 is 0 Å². The Morgan fingerprint density at radius 1 is 1.15 bits per heavy atom. The number of amides is 1. The molecule has 0 aliphatic rings. The Kier molecular flexibility index (Phi) is 7.36. The highest BCUT2D eigenvalue weighted by Gasteiger charge is 2.17. The third kappa shape index (κ3) is 7.02. The van der Waals surface area contributed by atoms with E-state index in [2.05, 4.69) is 5.32 Å². The first-order chi connectivity index (χ1) is 12.8. The summed E-state index contributed by atoms with van der Waals surface area (Å²) < 4.78 is 38.3. The van der Waals surface area contributed by atoms with Crippen molar-refractivity contribution in [1.82, 2.24) is 5.32 Å². The van der Waals surface area contributed by atoms with Crippen LogP contribution in [0.3, 0.4) is 0 Å². The van der Waals surface area contributed by atoms with Gasteiger partial charge < -0.3 is 5.32 Å². The minimum Gasteiger partial charge on any atom is -0.356 e. The van der Waals surface area contributed by atoms with Crippen LogP contribution < -0.4 is 9.62 Å². The van der Waals surface area contributed by atoms with Crippen molar-refractivity contribution in [1.29, 1.82) is 0 Å². The van der Waals surface area contributed by atoms with Crippen molar-refractivity contribution in [3.63, 3.8) is 0 Å². The van der Waals surface area contributed by atoms with E-state index in [9.17, 15) is 17.6 Å². The van der Waals surface area contributed by atoms with Crippen LogP contribution in [0.2, 0.25) is 0 Å². The van der Waals surface area contributed by atoms with Gasteiger partial charge in [0.05, 0.1) is 11.9 Å². The third-order valence-corrected chi connectivity index (χ3v) is 5.30. The average molecular weight is 392 g/mol. The molecule has 2 aromatic rings. The summed E-state index contributed by atoms with van der Waals surface area (Å²) in [4.78, 5) is 12.0. The quantitative estimate of drug-likeness (QED) is 0.713. The number of nitrogens with zero attached hydrogens (tertiary/aromatic N) is 1. The molecule has 0 unspecified atom stereocenters. The highest BCUT2D eigenvalue weighted by molar-refractivity contribution is 7.92. The molecule has 2 rings (SSSR count). The molecule has 0 aliphatic heterocycles. The Bertz CT molecular complexity index is 867. The molecule has 0 saturated heterocycles. The molecule has 0 bridgehead atoms. The molecule has 2 aromatic carbocycles. The lowest BCUT2D eigenvalue weighted by molar-refractivity contribution is -0.121. The van der Waals surface area contributed by atoms with Crippen molar-refractivity contribution in [2.75, 3.05) is 23.7 Å². The highest BCUT2D eigenvalue weighted by Crippen LogP contribution is 2.19. The number of carbonyl (C=O) groups excluding carboxylic acids is 1. The molecule has 0 fully saturated rings. The van der Waals surface area contributed by atoms with Crippen LogP contribution in [0.4, 0.5) is 10.1 Å². The normalized spacial score (nSPS) is 11.2. The van der Waals surface area contributed by atoms with E-state index in [4.69, 9.17) is 0 Å². The number of carbonyl (C=O) groups is 1. The zero-order chi connectivity index (χ0) is 19.9. The van der Waals surface area contributed by atoms with E-state index < -0.39 is 10.0 Å². The number of halogens is 1. The summed E-state index contributed by atoms with van der Waals surface area (Å²) in [6.07, 6.45) is 2.44. The lowest BCUT2D eigenvalue weighted by atomic mass is 10.1. The Hall–Kier alpha value is -2.41. The summed E-state index contributed by atoms with van der Waals surface area (Å²) in [6, 6.07) is 13.4. The van der Waals surface area contributed by atoms with E-state index in [0.717, 1.165) is 17.4 Å². The maximum atomic E-state index is 12.9. The number of rotatable bonds is 9. The van der Waals surface area contributed by atoms with E-state index in [0.29, 0.717) is 25.1 Å². The second-order valence-corrected chi connectivity index (χ2v) is 8.41. The number of anilines is 1. The number of sulfonamides is 1. The standard InChI is InChI=1S/C20H25FN2O3S/c1-16-5-3-6-19(15-16)23(27(2,25)26)14-4-7-20(24)22-13-12-17-8-10-18(21)11-9-17/h3,5-6,8-11,15H,4,7,12-14H2,1-2H3,(H,22,24). The van der Waals surface area contributed by atoms with Gasteiger partial charge in [0, 0.05) is 19.5 Å². The number of benzene rings is 2. The SMILES string of the molecule is Cc1cccc(N(CCCC(=O)NCCc2ccc(F)cc2)S(C)(=O)=O)c1. The number of hydrogen-bond donors (Lipinski definition) is 1. The van der Waals surface area contributed by atoms with Crippen molar-refractivity contribution < 1.29 is 17.6 Å². The second-order valence-electron chi connectivity index (χ2n) is 6.50. The second kappa shape index (κ2) is 9.50. The fraction of sp³-hybridized carbons (Fsp3) is 0.350. The third-order valence-electron chi connectivity index (χ3n) is 4.10. The topological polar surface area (TPSA) is 66.5 Å². The van der Waals surface area contributed by atoms with Crippen LogP contribution in [0.25, 0.3) is 0 Å². The maximum absolute atomic E-state index is 12.9.